The van der Waals surface area contributed by atoms with Gasteiger partial charge in [0.2, 0.25) is 15.9 Å². The lowest BCUT2D eigenvalue weighted by atomic mass is 9.96. The molecule has 1 amide bonds. The van der Waals surface area contributed by atoms with Crippen LogP contribution in [0.15, 0.2) is 60.7 Å². The zero-order valence-electron chi connectivity index (χ0n) is 18.6. The SMILES string of the molecule is CC(C(=O)NCc1ccc(C(F)(F)F)cc1-c1cccc(F)c1)c1ccc(NS(C)(=O)=O)c(F)c1. The Labute approximate surface area is 199 Å². The van der Waals surface area contributed by atoms with Crippen molar-refractivity contribution < 1.29 is 35.2 Å². The van der Waals surface area contributed by atoms with Crippen molar-refractivity contribution in [1.82, 2.24) is 5.32 Å². The first kappa shape index (κ1) is 26.1. The molecule has 186 valence electrons. The van der Waals surface area contributed by atoms with Crippen LogP contribution in [0.5, 0.6) is 0 Å². The Hall–Kier alpha value is -3.47. The van der Waals surface area contributed by atoms with Crippen molar-refractivity contribution in [2.75, 3.05) is 11.0 Å². The van der Waals surface area contributed by atoms with E-state index in [1.165, 1.54) is 37.3 Å². The number of amides is 1. The molecule has 0 aliphatic carbocycles. The molecule has 0 saturated carbocycles. The molecule has 0 aromatic heterocycles. The summed E-state index contributed by atoms with van der Waals surface area (Å²) in [7, 11) is -3.69. The summed E-state index contributed by atoms with van der Waals surface area (Å²) >= 11 is 0. The molecule has 3 aromatic rings. The van der Waals surface area contributed by atoms with Gasteiger partial charge in [-0.05, 0) is 65.6 Å². The first-order valence-electron chi connectivity index (χ1n) is 10.3. The second-order valence-corrected chi connectivity index (χ2v) is 9.68. The molecule has 0 fully saturated rings. The number of benzene rings is 3. The summed E-state index contributed by atoms with van der Waals surface area (Å²) in [6.45, 7) is 1.33. The molecule has 0 bridgehead atoms. The molecule has 0 aliphatic rings. The molecule has 2 N–H and O–H groups in total. The molecule has 0 saturated heterocycles. The van der Waals surface area contributed by atoms with Crippen LogP contribution in [-0.2, 0) is 27.5 Å². The Morgan fingerprint density at radius 3 is 2.31 bits per heavy atom. The average molecular weight is 513 g/mol. The maximum Gasteiger partial charge on any atom is 0.416 e. The highest BCUT2D eigenvalue weighted by atomic mass is 32.2. The third-order valence-electron chi connectivity index (χ3n) is 5.21. The first-order valence-corrected chi connectivity index (χ1v) is 12.1. The first-order chi connectivity index (χ1) is 16.2. The maximum atomic E-state index is 14.3. The molecule has 1 atom stereocenters. The molecule has 0 heterocycles. The van der Waals surface area contributed by atoms with Crippen LogP contribution in [0, 0.1) is 11.6 Å². The quantitative estimate of drug-likeness (QED) is 0.414. The van der Waals surface area contributed by atoms with E-state index in [0.717, 1.165) is 36.6 Å². The third kappa shape index (κ3) is 6.78. The Balaban J connectivity index is 1.82. The fourth-order valence-corrected chi connectivity index (χ4v) is 3.97. The molecule has 0 radical (unpaired) electrons. The van der Waals surface area contributed by atoms with Crippen molar-refractivity contribution in [2.45, 2.75) is 25.6 Å². The van der Waals surface area contributed by atoms with Gasteiger partial charge in [0.25, 0.3) is 0 Å². The summed E-state index contributed by atoms with van der Waals surface area (Å²) in [4.78, 5) is 12.7. The predicted octanol–water partition coefficient (Wildman–Crippen LogP) is 5.44. The van der Waals surface area contributed by atoms with Crippen LogP contribution in [0.4, 0.5) is 27.6 Å². The number of halogens is 5. The summed E-state index contributed by atoms with van der Waals surface area (Å²) in [5.41, 5.74) is -0.286. The second kappa shape index (κ2) is 10.0. The van der Waals surface area contributed by atoms with Gasteiger partial charge < -0.3 is 5.32 Å². The molecule has 3 rings (SSSR count). The average Bonchev–Trinajstić information content (AvgIpc) is 2.76. The van der Waals surface area contributed by atoms with Crippen molar-refractivity contribution in [3.63, 3.8) is 0 Å². The Morgan fingerprint density at radius 1 is 1.00 bits per heavy atom. The van der Waals surface area contributed by atoms with E-state index in [1.807, 2.05) is 4.72 Å². The van der Waals surface area contributed by atoms with Crippen LogP contribution in [0.2, 0.25) is 0 Å². The Kier molecular flexibility index (Phi) is 7.49. The summed E-state index contributed by atoms with van der Waals surface area (Å²) in [5.74, 6) is -2.90. The zero-order chi connectivity index (χ0) is 26.0. The second-order valence-electron chi connectivity index (χ2n) is 7.93. The van der Waals surface area contributed by atoms with Crippen LogP contribution >= 0.6 is 0 Å². The minimum Gasteiger partial charge on any atom is -0.351 e. The number of carbonyl (C=O) groups is 1. The van der Waals surface area contributed by atoms with Gasteiger partial charge >= 0.3 is 6.18 Å². The van der Waals surface area contributed by atoms with Gasteiger partial charge in [-0.25, -0.2) is 17.2 Å². The standard InChI is InChI=1S/C24H21F5N2O3S/c1-14(15-7-9-22(21(26)11-15)31-35(2,33)34)23(32)30-13-17-6-8-18(24(27,28)29)12-20(17)16-4-3-5-19(25)10-16/h3-12,14,31H,13H2,1-2H3,(H,30,32). The smallest absolute Gasteiger partial charge is 0.351 e. The van der Waals surface area contributed by atoms with E-state index in [-0.39, 0.29) is 28.9 Å². The fraction of sp³-hybridized carbons (Fsp3) is 0.208. The van der Waals surface area contributed by atoms with Gasteiger partial charge in [-0.2, -0.15) is 13.2 Å². The van der Waals surface area contributed by atoms with Crippen molar-refractivity contribution in [3.05, 3.63) is 89.0 Å². The number of alkyl halides is 3. The lowest BCUT2D eigenvalue weighted by Crippen LogP contribution is -2.28. The summed E-state index contributed by atoms with van der Waals surface area (Å²) < 4.78 is 92.3. The Bertz CT molecular complexity index is 1360. The minimum absolute atomic E-state index is 0.106. The van der Waals surface area contributed by atoms with E-state index in [4.69, 9.17) is 0 Å². The highest BCUT2D eigenvalue weighted by Crippen LogP contribution is 2.34. The molecular weight excluding hydrogens is 491 g/mol. The number of nitrogens with one attached hydrogen (secondary N) is 2. The van der Waals surface area contributed by atoms with Crippen LogP contribution in [-0.4, -0.2) is 20.6 Å². The van der Waals surface area contributed by atoms with E-state index >= 15 is 0 Å². The van der Waals surface area contributed by atoms with E-state index in [9.17, 15) is 35.2 Å². The van der Waals surface area contributed by atoms with E-state index in [2.05, 4.69) is 5.32 Å². The molecule has 35 heavy (non-hydrogen) atoms. The van der Waals surface area contributed by atoms with E-state index in [0.29, 0.717) is 5.56 Å². The molecule has 5 nitrogen and oxygen atoms in total. The number of anilines is 1. The number of hydrogen-bond acceptors (Lipinski definition) is 3. The number of rotatable bonds is 7. The molecule has 0 aliphatic heterocycles. The number of carbonyl (C=O) groups excluding carboxylic acids is 1. The lowest BCUT2D eigenvalue weighted by molar-refractivity contribution is -0.137. The van der Waals surface area contributed by atoms with Crippen LogP contribution in [0.25, 0.3) is 11.1 Å². The van der Waals surface area contributed by atoms with Crippen molar-refractivity contribution >= 4 is 21.6 Å². The van der Waals surface area contributed by atoms with Crippen LogP contribution < -0.4 is 10.0 Å². The topological polar surface area (TPSA) is 75.3 Å². The summed E-state index contributed by atoms with van der Waals surface area (Å²) in [6.07, 6.45) is -3.74. The largest absolute Gasteiger partial charge is 0.416 e. The molecule has 3 aromatic carbocycles. The highest BCUT2D eigenvalue weighted by Gasteiger charge is 2.31. The van der Waals surface area contributed by atoms with Gasteiger partial charge in [-0.1, -0.05) is 24.3 Å². The van der Waals surface area contributed by atoms with E-state index < -0.39 is 45.2 Å². The van der Waals surface area contributed by atoms with Gasteiger partial charge in [0.05, 0.1) is 23.4 Å². The number of hydrogen-bond donors (Lipinski definition) is 2. The summed E-state index contributed by atoms with van der Waals surface area (Å²) in [5, 5.41) is 2.60. The molecule has 1 unspecified atom stereocenters. The van der Waals surface area contributed by atoms with Gasteiger partial charge in [0, 0.05) is 6.54 Å². The molecule has 11 heteroatoms. The van der Waals surface area contributed by atoms with Gasteiger partial charge in [0.15, 0.2) is 0 Å². The maximum absolute atomic E-state index is 14.3. The Morgan fingerprint density at radius 2 is 1.71 bits per heavy atom. The normalized spacial score (nSPS) is 12.8. The van der Waals surface area contributed by atoms with Crippen LogP contribution in [0.3, 0.4) is 0 Å². The van der Waals surface area contributed by atoms with E-state index in [1.54, 1.807) is 0 Å². The zero-order valence-corrected chi connectivity index (χ0v) is 19.4. The van der Waals surface area contributed by atoms with Crippen molar-refractivity contribution in [2.24, 2.45) is 0 Å². The fourth-order valence-electron chi connectivity index (χ4n) is 3.40. The number of sulfonamides is 1. The molecular formula is C24H21F5N2O3S. The monoisotopic (exact) mass is 512 g/mol. The summed E-state index contributed by atoms with van der Waals surface area (Å²) in [6, 6.07) is 11.7. The van der Waals surface area contributed by atoms with Gasteiger partial charge in [0.1, 0.15) is 11.6 Å². The lowest BCUT2D eigenvalue weighted by Gasteiger charge is -2.17. The molecule has 0 spiro atoms. The van der Waals surface area contributed by atoms with Crippen molar-refractivity contribution in [3.8, 4) is 11.1 Å². The highest BCUT2D eigenvalue weighted by molar-refractivity contribution is 7.92. The van der Waals surface area contributed by atoms with Gasteiger partial charge in [-0.15, -0.1) is 0 Å². The van der Waals surface area contributed by atoms with Gasteiger partial charge in [-0.3, -0.25) is 9.52 Å². The predicted molar refractivity (Wildman–Crippen MR) is 122 cm³/mol. The third-order valence-corrected chi connectivity index (χ3v) is 5.80. The van der Waals surface area contributed by atoms with Crippen LogP contribution in [0.1, 0.15) is 29.5 Å². The minimum atomic E-state index is -4.61. The van der Waals surface area contributed by atoms with Crippen molar-refractivity contribution in [1.29, 1.82) is 0 Å².